The van der Waals surface area contributed by atoms with Crippen LogP contribution in [0.2, 0.25) is 0 Å². The highest BCUT2D eigenvalue weighted by atomic mass is 127. The third-order valence-corrected chi connectivity index (χ3v) is 3.75. The maximum absolute atomic E-state index is 12.2. The van der Waals surface area contributed by atoms with E-state index < -0.39 is 5.97 Å². The van der Waals surface area contributed by atoms with Gasteiger partial charge in [0.25, 0.3) is 5.91 Å². The van der Waals surface area contributed by atoms with Gasteiger partial charge in [0.1, 0.15) is 11.3 Å². The molecule has 108 valence electrons. The van der Waals surface area contributed by atoms with Crippen LogP contribution in [0.15, 0.2) is 42.5 Å². The number of hydrogen-bond acceptors (Lipinski definition) is 3. The quantitative estimate of drug-likeness (QED) is 0.777. The van der Waals surface area contributed by atoms with Crippen molar-refractivity contribution in [1.82, 2.24) is 0 Å². The minimum atomic E-state index is -1.08. The lowest BCUT2D eigenvalue weighted by molar-refractivity contribution is 0.0693. The Labute approximate surface area is 135 Å². The monoisotopic (exact) mass is 397 g/mol. The molecule has 21 heavy (non-hydrogen) atoms. The van der Waals surface area contributed by atoms with E-state index in [0.717, 1.165) is 3.57 Å². The summed E-state index contributed by atoms with van der Waals surface area (Å²) in [5.74, 6) is -1.14. The van der Waals surface area contributed by atoms with Crippen LogP contribution in [0.4, 0.5) is 5.69 Å². The Morgan fingerprint density at radius 1 is 1.14 bits per heavy atom. The van der Waals surface area contributed by atoms with Gasteiger partial charge in [-0.1, -0.05) is 12.1 Å². The summed E-state index contributed by atoms with van der Waals surface area (Å²) < 4.78 is 5.86. The van der Waals surface area contributed by atoms with Crippen molar-refractivity contribution in [2.45, 2.75) is 0 Å². The van der Waals surface area contributed by atoms with Gasteiger partial charge in [-0.2, -0.15) is 0 Å². The first kappa shape index (κ1) is 15.3. The smallest absolute Gasteiger partial charge is 0.339 e. The SMILES string of the molecule is COc1cc(NC(=O)c2ccccc2I)ccc1C(=O)O. The van der Waals surface area contributed by atoms with Crippen molar-refractivity contribution in [2.75, 3.05) is 12.4 Å². The Kier molecular flexibility index (Phi) is 4.79. The van der Waals surface area contributed by atoms with Crippen LogP contribution in [0, 0.1) is 3.57 Å². The Bertz CT molecular complexity index is 700. The molecular formula is C15H12INO4. The maximum atomic E-state index is 12.2. The molecule has 5 nitrogen and oxygen atoms in total. The average molecular weight is 397 g/mol. The molecule has 6 heteroatoms. The lowest BCUT2D eigenvalue weighted by Crippen LogP contribution is -2.13. The zero-order valence-electron chi connectivity index (χ0n) is 11.1. The van der Waals surface area contributed by atoms with Crippen LogP contribution < -0.4 is 10.1 Å². The molecule has 0 atom stereocenters. The molecule has 2 rings (SSSR count). The van der Waals surface area contributed by atoms with Crippen LogP contribution in [0.1, 0.15) is 20.7 Å². The average Bonchev–Trinajstić information content (AvgIpc) is 2.47. The fourth-order valence-electron chi connectivity index (χ4n) is 1.79. The van der Waals surface area contributed by atoms with Crippen molar-refractivity contribution in [2.24, 2.45) is 0 Å². The molecule has 2 aromatic rings. The Hall–Kier alpha value is -2.09. The zero-order valence-corrected chi connectivity index (χ0v) is 13.2. The Balaban J connectivity index is 2.26. The summed E-state index contributed by atoms with van der Waals surface area (Å²) in [4.78, 5) is 23.2. The fourth-order valence-corrected chi connectivity index (χ4v) is 2.42. The first-order valence-corrected chi connectivity index (χ1v) is 7.08. The lowest BCUT2D eigenvalue weighted by atomic mass is 10.1. The molecule has 0 spiro atoms. The first-order valence-electron chi connectivity index (χ1n) is 6.00. The number of halogens is 1. The zero-order chi connectivity index (χ0) is 15.4. The number of amides is 1. The van der Waals surface area contributed by atoms with Gasteiger partial charge < -0.3 is 15.2 Å². The number of carboxylic acids is 1. The second-order valence-electron chi connectivity index (χ2n) is 4.15. The van der Waals surface area contributed by atoms with Gasteiger partial charge in [0.2, 0.25) is 0 Å². The molecule has 2 N–H and O–H groups in total. The van der Waals surface area contributed by atoms with E-state index in [1.807, 2.05) is 12.1 Å². The third kappa shape index (κ3) is 3.52. The summed E-state index contributed by atoms with van der Waals surface area (Å²) in [5.41, 5.74) is 1.07. The summed E-state index contributed by atoms with van der Waals surface area (Å²) in [6.07, 6.45) is 0. The summed E-state index contributed by atoms with van der Waals surface area (Å²) in [6, 6.07) is 11.6. The van der Waals surface area contributed by atoms with E-state index in [0.29, 0.717) is 11.3 Å². The van der Waals surface area contributed by atoms with E-state index in [1.165, 1.54) is 25.3 Å². The fraction of sp³-hybridized carbons (Fsp3) is 0.0667. The van der Waals surface area contributed by atoms with Crippen molar-refractivity contribution in [3.63, 3.8) is 0 Å². The molecule has 0 heterocycles. The number of nitrogens with one attached hydrogen (secondary N) is 1. The van der Waals surface area contributed by atoms with Gasteiger partial charge in [0.05, 0.1) is 12.7 Å². The second-order valence-corrected chi connectivity index (χ2v) is 5.32. The predicted molar refractivity (Wildman–Crippen MR) is 87.1 cm³/mol. The number of hydrogen-bond donors (Lipinski definition) is 2. The molecule has 0 aliphatic carbocycles. The van der Waals surface area contributed by atoms with Crippen molar-refractivity contribution in [3.8, 4) is 5.75 Å². The van der Waals surface area contributed by atoms with Gasteiger partial charge in [0, 0.05) is 15.3 Å². The molecule has 0 saturated carbocycles. The molecule has 0 aliphatic rings. The van der Waals surface area contributed by atoms with Crippen molar-refractivity contribution >= 4 is 40.2 Å². The van der Waals surface area contributed by atoms with Crippen LogP contribution in [0.25, 0.3) is 0 Å². The van der Waals surface area contributed by atoms with Gasteiger partial charge >= 0.3 is 5.97 Å². The van der Waals surface area contributed by atoms with E-state index in [4.69, 9.17) is 9.84 Å². The molecule has 1 amide bonds. The van der Waals surface area contributed by atoms with Crippen LogP contribution in [0.5, 0.6) is 5.75 Å². The molecule has 0 radical (unpaired) electrons. The number of aromatic carboxylic acids is 1. The first-order chi connectivity index (χ1) is 10.0. The molecule has 0 aromatic heterocycles. The van der Waals surface area contributed by atoms with Crippen LogP contribution in [0.3, 0.4) is 0 Å². The maximum Gasteiger partial charge on any atom is 0.339 e. The normalized spacial score (nSPS) is 10.0. The van der Waals surface area contributed by atoms with E-state index >= 15 is 0 Å². The minimum absolute atomic E-state index is 0.0461. The minimum Gasteiger partial charge on any atom is -0.496 e. The van der Waals surface area contributed by atoms with Gasteiger partial charge in [-0.3, -0.25) is 4.79 Å². The number of rotatable bonds is 4. The highest BCUT2D eigenvalue weighted by Gasteiger charge is 2.14. The number of carboxylic acid groups (broad SMARTS) is 1. The van der Waals surface area contributed by atoms with Crippen molar-refractivity contribution in [3.05, 3.63) is 57.2 Å². The summed E-state index contributed by atoms with van der Waals surface area (Å²) in [6.45, 7) is 0. The van der Waals surface area contributed by atoms with Crippen LogP contribution in [-0.4, -0.2) is 24.1 Å². The molecule has 0 bridgehead atoms. The van der Waals surface area contributed by atoms with Crippen molar-refractivity contribution in [1.29, 1.82) is 0 Å². The molecule has 2 aromatic carbocycles. The highest BCUT2D eigenvalue weighted by Crippen LogP contribution is 2.24. The standard InChI is InChI=1S/C15H12INO4/c1-21-13-8-9(6-7-11(13)15(19)20)17-14(18)10-4-2-3-5-12(10)16/h2-8H,1H3,(H,17,18)(H,19,20). The van der Waals surface area contributed by atoms with Crippen molar-refractivity contribution < 1.29 is 19.4 Å². The number of carbonyl (C=O) groups is 2. The number of carbonyl (C=O) groups excluding carboxylic acids is 1. The van der Waals surface area contributed by atoms with Gasteiger partial charge in [0.15, 0.2) is 0 Å². The van der Waals surface area contributed by atoms with Gasteiger partial charge in [-0.25, -0.2) is 4.79 Å². The molecular weight excluding hydrogens is 385 g/mol. The number of anilines is 1. The largest absolute Gasteiger partial charge is 0.496 e. The van der Waals surface area contributed by atoms with E-state index in [-0.39, 0.29) is 17.2 Å². The highest BCUT2D eigenvalue weighted by molar-refractivity contribution is 14.1. The molecule has 0 fully saturated rings. The lowest BCUT2D eigenvalue weighted by Gasteiger charge is -2.10. The van der Waals surface area contributed by atoms with E-state index in [9.17, 15) is 9.59 Å². The third-order valence-electron chi connectivity index (χ3n) is 2.81. The number of methoxy groups -OCH3 is 1. The van der Waals surface area contributed by atoms with Gasteiger partial charge in [-0.15, -0.1) is 0 Å². The van der Waals surface area contributed by atoms with Gasteiger partial charge in [-0.05, 0) is 46.9 Å². The Morgan fingerprint density at radius 3 is 2.48 bits per heavy atom. The molecule has 0 saturated heterocycles. The Morgan fingerprint density at radius 2 is 1.86 bits per heavy atom. The topological polar surface area (TPSA) is 75.6 Å². The molecule has 0 aliphatic heterocycles. The summed E-state index contributed by atoms with van der Waals surface area (Å²) in [5, 5.41) is 11.7. The number of benzene rings is 2. The van der Waals surface area contributed by atoms with E-state index in [1.54, 1.807) is 12.1 Å². The summed E-state index contributed by atoms with van der Waals surface area (Å²) in [7, 11) is 1.38. The van der Waals surface area contributed by atoms with Crippen LogP contribution >= 0.6 is 22.6 Å². The van der Waals surface area contributed by atoms with E-state index in [2.05, 4.69) is 27.9 Å². The number of ether oxygens (including phenoxy) is 1. The molecule has 0 unspecified atom stereocenters. The second kappa shape index (κ2) is 6.57. The van der Waals surface area contributed by atoms with Crippen LogP contribution in [-0.2, 0) is 0 Å². The summed E-state index contributed by atoms with van der Waals surface area (Å²) >= 11 is 2.08. The predicted octanol–water partition coefficient (Wildman–Crippen LogP) is 3.25.